The number of para-hydroxylation sites is 1. The third-order valence-corrected chi connectivity index (χ3v) is 5.50. The predicted octanol–water partition coefficient (Wildman–Crippen LogP) is 2.16. The summed E-state index contributed by atoms with van der Waals surface area (Å²) in [4.78, 5) is 25.0. The summed E-state index contributed by atoms with van der Waals surface area (Å²) in [6.07, 6.45) is 2.66. The van der Waals surface area contributed by atoms with Crippen LogP contribution in [0.2, 0.25) is 0 Å². The Labute approximate surface area is 156 Å². The van der Waals surface area contributed by atoms with E-state index in [1.54, 1.807) is 0 Å². The van der Waals surface area contributed by atoms with Crippen LogP contribution in [0.4, 0.5) is 5.82 Å². The van der Waals surface area contributed by atoms with Crippen molar-refractivity contribution in [3.63, 3.8) is 0 Å². The van der Waals surface area contributed by atoms with Crippen molar-refractivity contribution in [1.82, 2.24) is 20.3 Å². The highest BCUT2D eigenvalue weighted by Gasteiger charge is 2.42. The van der Waals surface area contributed by atoms with E-state index in [9.17, 15) is 9.90 Å². The Hall–Kier alpha value is -2.93. The van der Waals surface area contributed by atoms with Gasteiger partial charge in [-0.15, -0.1) is 0 Å². The molecule has 2 aromatic heterocycles. The Balaban J connectivity index is 1.63. The number of carbonyl (C=O) groups excluding carboxylic acids is 1. The number of anilines is 1. The summed E-state index contributed by atoms with van der Waals surface area (Å²) in [5.74, 6) is 0.664. The topological polar surface area (TPSA) is 103 Å². The lowest BCUT2D eigenvalue weighted by Gasteiger charge is -2.17. The van der Waals surface area contributed by atoms with Crippen molar-refractivity contribution >= 4 is 22.8 Å². The van der Waals surface area contributed by atoms with Crippen LogP contribution in [0.15, 0.2) is 24.3 Å². The van der Waals surface area contributed by atoms with Gasteiger partial charge in [-0.25, -0.2) is 9.97 Å². The average Bonchev–Trinajstić information content (AvgIpc) is 3.30. The molecule has 1 amide bonds. The molecule has 1 saturated carbocycles. The normalized spacial score (nSPS) is 17.5. The minimum Gasteiger partial charge on any atom is -0.394 e. The lowest BCUT2D eigenvalue weighted by molar-refractivity contribution is 0.0946. The van der Waals surface area contributed by atoms with E-state index in [-0.39, 0.29) is 18.1 Å². The molecule has 2 aliphatic rings. The van der Waals surface area contributed by atoms with Crippen molar-refractivity contribution in [2.75, 3.05) is 18.5 Å². The van der Waals surface area contributed by atoms with Gasteiger partial charge in [-0.1, -0.05) is 12.1 Å². The maximum Gasteiger partial charge on any atom is 0.253 e. The zero-order valence-corrected chi connectivity index (χ0v) is 15.1. The van der Waals surface area contributed by atoms with E-state index < -0.39 is 0 Å². The van der Waals surface area contributed by atoms with E-state index >= 15 is 0 Å². The second-order valence-electron chi connectivity index (χ2n) is 7.48. The van der Waals surface area contributed by atoms with E-state index in [0.717, 1.165) is 52.9 Å². The van der Waals surface area contributed by atoms with Crippen molar-refractivity contribution in [3.8, 4) is 11.3 Å². The Bertz CT molecular complexity index is 1070. The molecule has 0 spiro atoms. The number of aliphatic hydroxyl groups is 1. The molecule has 27 heavy (non-hydrogen) atoms. The number of hydrogen-bond acceptors (Lipinski definition) is 5. The van der Waals surface area contributed by atoms with Gasteiger partial charge in [0, 0.05) is 29.9 Å². The summed E-state index contributed by atoms with van der Waals surface area (Å²) < 4.78 is 0. The first-order valence-electron chi connectivity index (χ1n) is 9.25. The minimum atomic E-state index is -0.258. The molecule has 138 valence electrons. The SMILES string of the molecule is Cc1nc2cccc(-c3cc4c([nH]3)CCNC4=O)c2nc1NC1(CO)CC1. The van der Waals surface area contributed by atoms with Gasteiger partial charge in [0.25, 0.3) is 5.91 Å². The summed E-state index contributed by atoms with van der Waals surface area (Å²) in [5.41, 5.74) is 5.58. The molecular formula is C20H21N5O2. The molecule has 1 aliphatic carbocycles. The van der Waals surface area contributed by atoms with Gasteiger partial charge < -0.3 is 20.7 Å². The third-order valence-electron chi connectivity index (χ3n) is 5.50. The number of benzene rings is 1. The second-order valence-corrected chi connectivity index (χ2v) is 7.48. The van der Waals surface area contributed by atoms with Crippen molar-refractivity contribution in [3.05, 3.63) is 41.2 Å². The molecule has 3 heterocycles. The van der Waals surface area contributed by atoms with Crippen LogP contribution in [0.25, 0.3) is 22.3 Å². The summed E-state index contributed by atoms with van der Waals surface area (Å²) >= 11 is 0. The summed E-state index contributed by atoms with van der Waals surface area (Å²) in [6.45, 7) is 2.66. The Kier molecular flexibility index (Phi) is 3.48. The molecular weight excluding hydrogens is 342 g/mol. The van der Waals surface area contributed by atoms with Gasteiger partial charge in [-0.05, 0) is 31.9 Å². The fraction of sp³-hybridized carbons (Fsp3) is 0.350. The van der Waals surface area contributed by atoms with E-state index in [2.05, 4.69) is 15.6 Å². The van der Waals surface area contributed by atoms with Crippen LogP contribution in [0, 0.1) is 6.92 Å². The standard InChI is InChI=1S/C20H21N5O2/c1-11-18(25-20(10-26)6-7-20)24-17-12(3-2-4-15(17)22-11)16-9-13-14(23-16)5-8-21-19(13)27/h2-4,9,23,26H,5-8,10H2,1H3,(H,21,27)(H,24,25). The molecule has 5 rings (SSSR count). The molecule has 3 aromatic rings. The van der Waals surface area contributed by atoms with E-state index in [1.165, 1.54) is 0 Å². The fourth-order valence-corrected chi connectivity index (χ4v) is 3.66. The molecule has 1 aromatic carbocycles. The maximum atomic E-state index is 12.1. The predicted molar refractivity (Wildman–Crippen MR) is 103 cm³/mol. The second kappa shape index (κ2) is 5.79. The summed E-state index contributed by atoms with van der Waals surface area (Å²) in [6, 6.07) is 7.78. The quantitative estimate of drug-likeness (QED) is 0.569. The van der Waals surface area contributed by atoms with E-state index in [4.69, 9.17) is 9.97 Å². The average molecular weight is 363 g/mol. The van der Waals surface area contributed by atoms with Gasteiger partial charge >= 0.3 is 0 Å². The Morgan fingerprint density at radius 1 is 1.26 bits per heavy atom. The first kappa shape index (κ1) is 16.3. The van der Waals surface area contributed by atoms with Crippen molar-refractivity contribution < 1.29 is 9.90 Å². The van der Waals surface area contributed by atoms with E-state index in [1.807, 2.05) is 31.2 Å². The van der Waals surface area contributed by atoms with Gasteiger partial charge in [0.05, 0.1) is 28.9 Å². The van der Waals surface area contributed by atoms with Crippen molar-refractivity contribution in [2.45, 2.75) is 31.7 Å². The molecule has 1 fully saturated rings. The number of H-pyrrole nitrogens is 1. The maximum absolute atomic E-state index is 12.1. The van der Waals surface area contributed by atoms with E-state index in [0.29, 0.717) is 17.9 Å². The third kappa shape index (κ3) is 2.66. The van der Waals surface area contributed by atoms with Crippen LogP contribution >= 0.6 is 0 Å². The number of carbonyl (C=O) groups is 1. The zero-order valence-electron chi connectivity index (χ0n) is 15.1. The molecule has 7 heteroatoms. The van der Waals surface area contributed by atoms with Crippen LogP contribution in [-0.4, -0.2) is 44.7 Å². The monoisotopic (exact) mass is 363 g/mol. The number of aryl methyl sites for hydroxylation is 1. The molecule has 0 radical (unpaired) electrons. The highest BCUT2D eigenvalue weighted by molar-refractivity contribution is 5.99. The number of aromatic amines is 1. The molecule has 0 saturated heterocycles. The van der Waals surface area contributed by atoms with Crippen molar-refractivity contribution in [2.24, 2.45) is 0 Å². The highest BCUT2D eigenvalue weighted by atomic mass is 16.3. The number of nitrogens with zero attached hydrogens (tertiary/aromatic N) is 2. The zero-order chi connectivity index (χ0) is 18.6. The fourth-order valence-electron chi connectivity index (χ4n) is 3.66. The number of aliphatic hydroxyl groups excluding tert-OH is 1. The number of nitrogens with one attached hydrogen (secondary N) is 3. The molecule has 7 nitrogen and oxygen atoms in total. The van der Waals surface area contributed by atoms with Gasteiger partial charge in [0.15, 0.2) is 0 Å². The Morgan fingerprint density at radius 2 is 2.11 bits per heavy atom. The van der Waals surface area contributed by atoms with Crippen LogP contribution in [0.3, 0.4) is 0 Å². The minimum absolute atomic E-state index is 0.0399. The Morgan fingerprint density at radius 3 is 2.85 bits per heavy atom. The highest BCUT2D eigenvalue weighted by Crippen LogP contribution is 2.39. The van der Waals surface area contributed by atoms with Crippen LogP contribution < -0.4 is 10.6 Å². The molecule has 0 bridgehead atoms. The summed E-state index contributed by atoms with van der Waals surface area (Å²) in [7, 11) is 0. The number of rotatable bonds is 4. The van der Waals surface area contributed by atoms with Gasteiger partial charge in [-0.2, -0.15) is 0 Å². The van der Waals surface area contributed by atoms with Gasteiger partial charge in [-0.3, -0.25) is 4.79 Å². The van der Waals surface area contributed by atoms with Crippen LogP contribution in [-0.2, 0) is 6.42 Å². The number of amides is 1. The molecule has 4 N–H and O–H groups in total. The number of hydrogen-bond donors (Lipinski definition) is 4. The first-order chi connectivity index (χ1) is 13.1. The molecule has 0 unspecified atom stereocenters. The smallest absolute Gasteiger partial charge is 0.253 e. The van der Waals surface area contributed by atoms with Crippen LogP contribution in [0.5, 0.6) is 0 Å². The lowest BCUT2D eigenvalue weighted by atomic mass is 10.1. The van der Waals surface area contributed by atoms with Crippen molar-refractivity contribution in [1.29, 1.82) is 0 Å². The molecule has 0 atom stereocenters. The van der Waals surface area contributed by atoms with Crippen LogP contribution in [0.1, 0.15) is 34.6 Å². The number of fused-ring (bicyclic) bond motifs is 2. The largest absolute Gasteiger partial charge is 0.394 e. The molecule has 1 aliphatic heterocycles. The first-order valence-corrected chi connectivity index (χ1v) is 9.25. The summed E-state index contributed by atoms with van der Waals surface area (Å²) in [5, 5.41) is 15.9. The van der Waals surface area contributed by atoms with Gasteiger partial charge in [0.1, 0.15) is 11.3 Å². The number of aromatic nitrogens is 3. The lowest BCUT2D eigenvalue weighted by Crippen LogP contribution is -2.31. The van der Waals surface area contributed by atoms with Gasteiger partial charge in [0.2, 0.25) is 0 Å².